The van der Waals surface area contributed by atoms with Crippen molar-refractivity contribution in [2.24, 2.45) is 0 Å². The standard InChI is InChI=1S/C16H15BrF3N/c1-2-9-21-16(10-5-3-4-6-12(10)17)11-7-8-13(18)15(20)14(11)19/h3-8,16,21H,2,9H2,1H3. The topological polar surface area (TPSA) is 12.0 Å². The van der Waals surface area contributed by atoms with Crippen molar-refractivity contribution in [1.29, 1.82) is 0 Å². The third-order valence-electron chi connectivity index (χ3n) is 3.19. The molecule has 0 spiro atoms. The van der Waals surface area contributed by atoms with E-state index in [0.717, 1.165) is 22.5 Å². The van der Waals surface area contributed by atoms with E-state index in [1.165, 1.54) is 6.07 Å². The summed E-state index contributed by atoms with van der Waals surface area (Å²) in [7, 11) is 0. The van der Waals surface area contributed by atoms with Crippen LogP contribution in [0, 0.1) is 17.5 Å². The zero-order chi connectivity index (χ0) is 15.4. The average Bonchev–Trinajstić information content (AvgIpc) is 2.48. The highest BCUT2D eigenvalue weighted by atomic mass is 79.9. The minimum Gasteiger partial charge on any atom is -0.306 e. The maximum Gasteiger partial charge on any atom is 0.194 e. The van der Waals surface area contributed by atoms with E-state index in [-0.39, 0.29) is 5.56 Å². The summed E-state index contributed by atoms with van der Waals surface area (Å²) in [4.78, 5) is 0. The number of rotatable bonds is 5. The normalized spacial score (nSPS) is 12.4. The van der Waals surface area contributed by atoms with Gasteiger partial charge < -0.3 is 5.32 Å². The Balaban J connectivity index is 2.51. The molecule has 1 N–H and O–H groups in total. The maximum absolute atomic E-state index is 14.1. The van der Waals surface area contributed by atoms with Gasteiger partial charge in [-0.15, -0.1) is 0 Å². The molecule has 2 aromatic rings. The van der Waals surface area contributed by atoms with E-state index in [1.807, 2.05) is 31.2 Å². The summed E-state index contributed by atoms with van der Waals surface area (Å²) in [6.07, 6.45) is 0.840. The van der Waals surface area contributed by atoms with Gasteiger partial charge in [0, 0.05) is 10.0 Å². The van der Waals surface area contributed by atoms with Crippen LogP contribution in [0.4, 0.5) is 13.2 Å². The van der Waals surface area contributed by atoms with Gasteiger partial charge in [-0.05, 0) is 30.7 Å². The van der Waals surface area contributed by atoms with Crippen LogP contribution in [0.1, 0.15) is 30.5 Å². The Hall–Kier alpha value is -1.33. The highest BCUT2D eigenvalue weighted by Gasteiger charge is 2.23. The molecule has 0 amide bonds. The van der Waals surface area contributed by atoms with Crippen LogP contribution in [0.15, 0.2) is 40.9 Å². The average molecular weight is 358 g/mol. The van der Waals surface area contributed by atoms with Gasteiger partial charge >= 0.3 is 0 Å². The van der Waals surface area contributed by atoms with Gasteiger partial charge in [-0.2, -0.15) is 0 Å². The number of hydrogen-bond acceptors (Lipinski definition) is 1. The molecule has 0 saturated carbocycles. The summed E-state index contributed by atoms with van der Waals surface area (Å²) in [6.45, 7) is 2.61. The van der Waals surface area contributed by atoms with E-state index in [1.54, 1.807) is 0 Å². The maximum atomic E-state index is 14.1. The Bertz CT molecular complexity index is 631. The summed E-state index contributed by atoms with van der Waals surface area (Å²) in [5, 5.41) is 3.17. The Kier molecular flexibility index (Phi) is 5.42. The molecule has 112 valence electrons. The van der Waals surface area contributed by atoms with Gasteiger partial charge in [-0.25, -0.2) is 13.2 Å². The molecule has 21 heavy (non-hydrogen) atoms. The van der Waals surface area contributed by atoms with Crippen LogP contribution < -0.4 is 5.32 Å². The van der Waals surface area contributed by atoms with Gasteiger partial charge in [-0.1, -0.05) is 47.1 Å². The third kappa shape index (κ3) is 3.47. The number of halogens is 4. The first kappa shape index (κ1) is 16.0. The predicted octanol–water partition coefficient (Wildman–Crippen LogP) is 4.96. The van der Waals surface area contributed by atoms with Gasteiger partial charge in [0.2, 0.25) is 0 Å². The molecule has 0 saturated heterocycles. The highest BCUT2D eigenvalue weighted by molar-refractivity contribution is 9.10. The van der Waals surface area contributed by atoms with Crippen molar-refractivity contribution < 1.29 is 13.2 Å². The van der Waals surface area contributed by atoms with Crippen molar-refractivity contribution in [3.63, 3.8) is 0 Å². The fourth-order valence-corrected chi connectivity index (χ4v) is 2.66. The zero-order valence-electron chi connectivity index (χ0n) is 11.5. The zero-order valence-corrected chi connectivity index (χ0v) is 13.1. The summed E-state index contributed by atoms with van der Waals surface area (Å²) in [6, 6.07) is 8.98. The second-order valence-corrected chi connectivity index (χ2v) is 5.53. The lowest BCUT2D eigenvalue weighted by Gasteiger charge is -2.21. The minimum absolute atomic E-state index is 0.0919. The first-order valence-corrected chi connectivity index (χ1v) is 7.46. The Morgan fingerprint density at radius 2 is 1.71 bits per heavy atom. The lowest BCUT2D eigenvalue weighted by molar-refractivity contribution is 0.432. The summed E-state index contributed by atoms with van der Waals surface area (Å²) >= 11 is 3.41. The molecule has 0 aliphatic heterocycles. The number of benzene rings is 2. The van der Waals surface area contributed by atoms with Gasteiger partial charge in [0.25, 0.3) is 0 Å². The predicted molar refractivity (Wildman–Crippen MR) is 80.6 cm³/mol. The SMILES string of the molecule is CCCNC(c1ccccc1Br)c1ccc(F)c(F)c1F. The molecule has 0 bridgehead atoms. The van der Waals surface area contributed by atoms with Crippen LogP contribution in [0.3, 0.4) is 0 Å². The summed E-state index contributed by atoms with van der Waals surface area (Å²) < 4.78 is 41.5. The molecular formula is C16H15BrF3N. The van der Waals surface area contributed by atoms with Crippen molar-refractivity contribution in [3.05, 3.63) is 69.4 Å². The van der Waals surface area contributed by atoms with Crippen molar-refractivity contribution in [1.82, 2.24) is 5.32 Å². The highest BCUT2D eigenvalue weighted by Crippen LogP contribution is 2.31. The van der Waals surface area contributed by atoms with Crippen molar-refractivity contribution in [2.45, 2.75) is 19.4 Å². The Morgan fingerprint density at radius 1 is 1.00 bits per heavy atom. The summed E-state index contributed by atoms with van der Waals surface area (Å²) in [5.74, 6) is -3.78. The molecule has 0 radical (unpaired) electrons. The Labute approximate surface area is 130 Å². The molecule has 0 aliphatic carbocycles. The van der Waals surface area contributed by atoms with Crippen LogP contribution >= 0.6 is 15.9 Å². The van der Waals surface area contributed by atoms with E-state index in [2.05, 4.69) is 21.2 Å². The fraction of sp³-hybridized carbons (Fsp3) is 0.250. The summed E-state index contributed by atoms with van der Waals surface area (Å²) in [5.41, 5.74) is 0.866. The van der Waals surface area contributed by atoms with Crippen molar-refractivity contribution in [3.8, 4) is 0 Å². The molecule has 0 aliphatic rings. The molecule has 0 aromatic heterocycles. The molecule has 0 fully saturated rings. The van der Waals surface area contributed by atoms with Crippen molar-refractivity contribution >= 4 is 15.9 Å². The number of nitrogens with one attached hydrogen (secondary N) is 1. The molecule has 1 nitrogen and oxygen atoms in total. The fourth-order valence-electron chi connectivity index (χ4n) is 2.15. The largest absolute Gasteiger partial charge is 0.306 e. The van der Waals surface area contributed by atoms with Crippen LogP contribution in [0.25, 0.3) is 0 Å². The minimum atomic E-state index is -1.44. The van der Waals surface area contributed by atoms with Crippen LogP contribution in [0.5, 0.6) is 0 Å². The second kappa shape index (κ2) is 7.09. The molecule has 5 heteroatoms. The van der Waals surface area contributed by atoms with E-state index in [4.69, 9.17) is 0 Å². The second-order valence-electron chi connectivity index (χ2n) is 4.67. The quantitative estimate of drug-likeness (QED) is 0.746. The molecule has 1 atom stereocenters. The van der Waals surface area contributed by atoms with E-state index >= 15 is 0 Å². The van der Waals surface area contributed by atoms with Crippen LogP contribution in [-0.4, -0.2) is 6.54 Å². The van der Waals surface area contributed by atoms with E-state index < -0.39 is 23.5 Å². The molecule has 1 unspecified atom stereocenters. The van der Waals surface area contributed by atoms with E-state index in [0.29, 0.717) is 6.54 Å². The third-order valence-corrected chi connectivity index (χ3v) is 3.91. The molecule has 2 rings (SSSR count). The number of hydrogen-bond donors (Lipinski definition) is 1. The lowest BCUT2D eigenvalue weighted by atomic mass is 9.97. The van der Waals surface area contributed by atoms with Crippen LogP contribution in [-0.2, 0) is 0 Å². The van der Waals surface area contributed by atoms with Gasteiger partial charge in [0.15, 0.2) is 17.5 Å². The smallest absolute Gasteiger partial charge is 0.194 e. The first-order valence-electron chi connectivity index (χ1n) is 6.67. The molecule has 2 aromatic carbocycles. The molecule has 0 heterocycles. The van der Waals surface area contributed by atoms with Gasteiger partial charge in [0.05, 0.1) is 6.04 Å². The monoisotopic (exact) mass is 357 g/mol. The lowest BCUT2D eigenvalue weighted by Crippen LogP contribution is -2.25. The van der Waals surface area contributed by atoms with E-state index in [9.17, 15) is 13.2 Å². The first-order chi connectivity index (χ1) is 10.1. The van der Waals surface area contributed by atoms with Gasteiger partial charge in [0.1, 0.15) is 0 Å². The molecular weight excluding hydrogens is 343 g/mol. The van der Waals surface area contributed by atoms with Crippen LogP contribution in [0.2, 0.25) is 0 Å². The Morgan fingerprint density at radius 3 is 2.38 bits per heavy atom. The van der Waals surface area contributed by atoms with Gasteiger partial charge in [-0.3, -0.25) is 0 Å². The van der Waals surface area contributed by atoms with Crippen molar-refractivity contribution in [2.75, 3.05) is 6.54 Å².